The fraction of sp³-hybridized carbons (Fsp3) is 0.0455. The standard InChI is InChI=1S/C22H13F3N2O3/c23-13-6-4-12(5-7-13)20(28)18-19(16-3-1-2-10-26-16)27(22(30)21(18)29)17-11-14(24)8-9-15(17)25/h1-11,19,28H/b20-18+. The predicted octanol–water partition coefficient (Wildman–Crippen LogP) is 4.13. The quantitative estimate of drug-likeness (QED) is 0.401. The lowest BCUT2D eigenvalue weighted by molar-refractivity contribution is -0.132. The molecule has 2 aromatic carbocycles. The topological polar surface area (TPSA) is 70.5 Å². The number of aliphatic hydroxyl groups excluding tert-OH is 1. The zero-order valence-corrected chi connectivity index (χ0v) is 15.2. The Morgan fingerprint density at radius 1 is 0.933 bits per heavy atom. The third kappa shape index (κ3) is 3.22. The second-order valence-corrected chi connectivity index (χ2v) is 6.53. The molecule has 0 aliphatic carbocycles. The number of aromatic nitrogens is 1. The van der Waals surface area contributed by atoms with E-state index in [0.717, 1.165) is 35.2 Å². The van der Waals surface area contributed by atoms with Gasteiger partial charge in [0.25, 0.3) is 11.7 Å². The maximum absolute atomic E-state index is 14.5. The van der Waals surface area contributed by atoms with Gasteiger partial charge in [0, 0.05) is 17.8 Å². The predicted molar refractivity (Wildman–Crippen MR) is 102 cm³/mol. The van der Waals surface area contributed by atoms with Crippen LogP contribution in [0, 0.1) is 17.5 Å². The van der Waals surface area contributed by atoms with Crippen LogP contribution in [0.2, 0.25) is 0 Å². The molecule has 0 radical (unpaired) electrons. The number of carbonyl (C=O) groups is 2. The number of Topliss-reactive ketones (excluding diaryl/α,β-unsaturated/α-hetero) is 1. The molecule has 1 amide bonds. The van der Waals surface area contributed by atoms with E-state index in [2.05, 4.69) is 4.98 Å². The summed E-state index contributed by atoms with van der Waals surface area (Å²) in [7, 11) is 0. The summed E-state index contributed by atoms with van der Waals surface area (Å²) in [6.07, 6.45) is 1.40. The normalized spacial score (nSPS) is 18.1. The molecule has 0 bridgehead atoms. The van der Waals surface area contributed by atoms with Crippen molar-refractivity contribution >= 4 is 23.1 Å². The van der Waals surface area contributed by atoms with Crippen LogP contribution >= 0.6 is 0 Å². The Kier molecular flexibility index (Phi) is 4.83. The van der Waals surface area contributed by atoms with E-state index in [0.29, 0.717) is 0 Å². The average Bonchev–Trinajstić information content (AvgIpc) is 3.01. The molecule has 1 aromatic heterocycles. The summed E-state index contributed by atoms with van der Waals surface area (Å²) in [5, 5.41) is 10.8. The molecule has 8 heteroatoms. The van der Waals surface area contributed by atoms with Gasteiger partial charge in [-0.25, -0.2) is 13.2 Å². The maximum atomic E-state index is 14.5. The van der Waals surface area contributed by atoms with Crippen molar-refractivity contribution in [1.82, 2.24) is 4.98 Å². The second-order valence-electron chi connectivity index (χ2n) is 6.53. The Hall–Kier alpha value is -3.94. The summed E-state index contributed by atoms with van der Waals surface area (Å²) in [6.45, 7) is 0. The second kappa shape index (κ2) is 7.47. The first-order valence-corrected chi connectivity index (χ1v) is 8.81. The van der Waals surface area contributed by atoms with E-state index in [-0.39, 0.29) is 16.8 Å². The Bertz CT molecular complexity index is 1180. The van der Waals surface area contributed by atoms with Crippen molar-refractivity contribution in [2.45, 2.75) is 6.04 Å². The van der Waals surface area contributed by atoms with Gasteiger partial charge in [-0.05, 0) is 48.5 Å². The third-order valence-electron chi connectivity index (χ3n) is 4.70. The molecule has 0 spiro atoms. The molecular weight excluding hydrogens is 397 g/mol. The molecule has 4 rings (SSSR count). The lowest BCUT2D eigenvalue weighted by Gasteiger charge is -2.25. The van der Waals surface area contributed by atoms with Crippen LogP contribution in [-0.2, 0) is 9.59 Å². The van der Waals surface area contributed by atoms with Crippen LogP contribution in [-0.4, -0.2) is 21.8 Å². The largest absolute Gasteiger partial charge is 0.507 e. The number of hydrogen-bond donors (Lipinski definition) is 1. The molecular formula is C22H13F3N2O3. The van der Waals surface area contributed by atoms with E-state index in [1.807, 2.05) is 0 Å². The third-order valence-corrected chi connectivity index (χ3v) is 4.70. The fourth-order valence-corrected chi connectivity index (χ4v) is 3.33. The highest BCUT2D eigenvalue weighted by Crippen LogP contribution is 2.42. The number of halogens is 3. The number of pyridine rings is 1. The van der Waals surface area contributed by atoms with Gasteiger partial charge in [-0.1, -0.05) is 6.07 Å². The molecule has 1 saturated heterocycles. The Labute approximate surface area is 168 Å². The van der Waals surface area contributed by atoms with E-state index in [4.69, 9.17) is 0 Å². The number of amides is 1. The monoisotopic (exact) mass is 410 g/mol. The van der Waals surface area contributed by atoms with Crippen LogP contribution in [0.4, 0.5) is 18.9 Å². The van der Waals surface area contributed by atoms with Crippen LogP contribution in [0.3, 0.4) is 0 Å². The number of nitrogens with zero attached hydrogens (tertiary/aromatic N) is 2. The van der Waals surface area contributed by atoms with E-state index in [1.54, 1.807) is 12.1 Å². The molecule has 1 aliphatic rings. The Balaban J connectivity index is 1.97. The van der Waals surface area contributed by atoms with Crippen LogP contribution in [0.5, 0.6) is 0 Å². The van der Waals surface area contributed by atoms with Gasteiger partial charge < -0.3 is 5.11 Å². The highest BCUT2D eigenvalue weighted by molar-refractivity contribution is 6.51. The summed E-state index contributed by atoms with van der Waals surface area (Å²) in [5.74, 6) is -5.14. The molecule has 0 saturated carbocycles. The van der Waals surface area contributed by atoms with Crippen LogP contribution in [0.1, 0.15) is 17.3 Å². The summed E-state index contributed by atoms with van der Waals surface area (Å²) in [6, 6.07) is 10.5. The van der Waals surface area contributed by atoms with Crippen LogP contribution in [0.25, 0.3) is 5.76 Å². The molecule has 30 heavy (non-hydrogen) atoms. The number of hydrogen-bond acceptors (Lipinski definition) is 4. The number of carbonyl (C=O) groups excluding carboxylic acids is 2. The Morgan fingerprint density at radius 2 is 1.63 bits per heavy atom. The number of aliphatic hydroxyl groups is 1. The number of anilines is 1. The minimum atomic E-state index is -1.31. The van der Waals surface area contributed by atoms with Gasteiger partial charge >= 0.3 is 0 Å². The summed E-state index contributed by atoms with van der Waals surface area (Å²) >= 11 is 0. The lowest BCUT2D eigenvalue weighted by Crippen LogP contribution is -2.30. The molecule has 1 N–H and O–H groups in total. The highest BCUT2D eigenvalue weighted by Gasteiger charge is 2.48. The van der Waals surface area contributed by atoms with Gasteiger partial charge in [0.05, 0.1) is 17.0 Å². The summed E-state index contributed by atoms with van der Waals surface area (Å²) < 4.78 is 41.6. The van der Waals surface area contributed by atoms with Gasteiger partial charge in [0.15, 0.2) is 0 Å². The molecule has 1 aliphatic heterocycles. The molecule has 3 aromatic rings. The van der Waals surface area contributed by atoms with Crippen molar-refractivity contribution < 1.29 is 27.9 Å². The number of benzene rings is 2. The van der Waals surface area contributed by atoms with Gasteiger partial charge in [0.2, 0.25) is 0 Å². The van der Waals surface area contributed by atoms with Crippen molar-refractivity contribution in [3.63, 3.8) is 0 Å². The zero-order chi connectivity index (χ0) is 21.4. The fourth-order valence-electron chi connectivity index (χ4n) is 3.33. The van der Waals surface area contributed by atoms with Crippen molar-refractivity contribution in [2.75, 3.05) is 4.90 Å². The van der Waals surface area contributed by atoms with Crippen molar-refractivity contribution in [1.29, 1.82) is 0 Å². The molecule has 1 atom stereocenters. The van der Waals surface area contributed by atoms with Gasteiger partial charge in [-0.3, -0.25) is 19.5 Å². The molecule has 150 valence electrons. The van der Waals surface area contributed by atoms with Crippen molar-refractivity contribution in [3.8, 4) is 0 Å². The summed E-state index contributed by atoms with van der Waals surface area (Å²) in [5.41, 5.74) is -0.598. The average molecular weight is 410 g/mol. The SMILES string of the molecule is O=C1C(=O)N(c2cc(F)ccc2F)C(c2ccccn2)/C1=C(\O)c1ccc(F)cc1. The zero-order valence-electron chi connectivity index (χ0n) is 15.2. The number of rotatable bonds is 3. The molecule has 2 heterocycles. The molecule has 1 unspecified atom stereocenters. The smallest absolute Gasteiger partial charge is 0.300 e. The lowest BCUT2D eigenvalue weighted by atomic mass is 9.98. The maximum Gasteiger partial charge on any atom is 0.300 e. The number of ketones is 1. The first-order valence-electron chi connectivity index (χ1n) is 8.81. The van der Waals surface area contributed by atoms with E-state index < -0.39 is 46.6 Å². The van der Waals surface area contributed by atoms with Crippen LogP contribution in [0.15, 0.2) is 72.4 Å². The van der Waals surface area contributed by atoms with Gasteiger partial charge in [-0.2, -0.15) is 0 Å². The first kappa shape index (κ1) is 19.4. The van der Waals surface area contributed by atoms with Gasteiger partial charge in [0.1, 0.15) is 29.3 Å². The molecule has 1 fully saturated rings. The van der Waals surface area contributed by atoms with E-state index >= 15 is 0 Å². The highest BCUT2D eigenvalue weighted by atomic mass is 19.1. The first-order chi connectivity index (χ1) is 14.4. The molecule has 5 nitrogen and oxygen atoms in total. The van der Waals surface area contributed by atoms with E-state index in [1.165, 1.54) is 24.4 Å². The van der Waals surface area contributed by atoms with Crippen molar-refractivity contribution in [2.24, 2.45) is 0 Å². The minimum absolute atomic E-state index is 0.0787. The Morgan fingerprint density at radius 3 is 2.30 bits per heavy atom. The summed E-state index contributed by atoms with van der Waals surface area (Å²) in [4.78, 5) is 30.5. The van der Waals surface area contributed by atoms with Gasteiger partial charge in [-0.15, -0.1) is 0 Å². The van der Waals surface area contributed by atoms with Crippen LogP contribution < -0.4 is 4.90 Å². The van der Waals surface area contributed by atoms with E-state index in [9.17, 15) is 27.9 Å². The van der Waals surface area contributed by atoms with Crippen molar-refractivity contribution in [3.05, 3.63) is 101 Å². The minimum Gasteiger partial charge on any atom is -0.507 e.